The van der Waals surface area contributed by atoms with Gasteiger partial charge in [-0.3, -0.25) is 9.47 Å². The molecule has 0 bridgehead atoms. The number of aromatic nitrogens is 5. The molecular formula is C25H32FN7O3. The summed E-state index contributed by atoms with van der Waals surface area (Å²) in [6.07, 6.45) is 2.13. The second kappa shape index (κ2) is 10.1. The van der Waals surface area contributed by atoms with Crippen LogP contribution < -0.4 is 5.73 Å². The average Bonchev–Trinajstić information content (AvgIpc) is 3.53. The minimum absolute atomic E-state index is 0.224. The summed E-state index contributed by atoms with van der Waals surface area (Å²) in [4.78, 5) is 18.6. The number of H-pyrrole nitrogens is 1. The van der Waals surface area contributed by atoms with Gasteiger partial charge in [-0.25, -0.2) is 19.3 Å². The van der Waals surface area contributed by atoms with Gasteiger partial charge in [0.2, 0.25) is 0 Å². The molecule has 1 aliphatic heterocycles. The van der Waals surface area contributed by atoms with E-state index in [1.807, 2.05) is 0 Å². The molecule has 1 aliphatic rings. The van der Waals surface area contributed by atoms with Gasteiger partial charge >= 0.3 is 0 Å². The number of nitrogens with zero attached hydrogens (tertiary/aromatic N) is 5. The molecule has 5 N–H and O–H groups in total. The number of benzene rings is 1. The average molecular weight is 498 g/mol. The number of hydrogen-bond donors (Lipinski definition) is 4. The highest BCUT2D eigenvalue weighted by molar-refractivity contribution is 5.83. The Hall–Kier alpha value is -3.12. The molecule has 192 valence electrons. The zero-order valence-corrected chi connectivity index (χ0v) is 20.4. The van der Waals surface area contributed by atoms with E-state index in [1.54, 1.807) is 22.9 Å². The number of aliphatic hydroxyl groups is 2. The number of hydrogen-bond acceptors (Lipinski definition) is 8. The molecule has 0 spiro atoms. The first-order valence-corrected chi connectivity index (χ1v) is 12.3. The van der Waals surface area contributed by atoms with Gasteiger partial charge in [0.1, 0.15) is 35.5 Å². The number of ether oxygens (including phenoxy) is 1. The molecule has 0 saturated carbocycles. The van der Waals surface area contributed by atoms with E-state index in [1.165, 1.54) is 18.5 Å². The molecule has 10 nitrogen and oxygen atoms in total. The quantitative estimate of drug-likeness (QED) is 0.259. The van der Waals surface area contributed by atoms with Gasteiger partial charge in [-0.15, -0.1) is 0 Å². The van der Waals surface area contributed by atoms with Crippen molar-refractivity contribution in [2.45, 2.75) is 63.7 Å². The monoisotopic (exact) mass is 497 g/mol. The maximum atomic E-state index is 13.4. The summed E-state index contributed by atoms with van der Waals surface area (Å²) in [6.45, 7) is 5.46. The normalized spacial score (nSPS) is 22.5. The third-order valence-corrected chi connectivity index (χ3v) is 6.85. The largest absolute Gasteiger partial charge is 0.397 e. The van der Waals surface area contributed by atoms with E-state index in [9.17, 15) is 14.6 Å². The standard InChI is InChI=1S/C25H32FN7O3/c1-14(2)32(10-4-3-5-20-30-17-7-6-15(26)11-18(17)31-20)12-19-22(34)23(35)25(36-19)33-13-29-21-16(27)8-9-28-24(21)33/h6-9,11,13-14,19,22-23,25,34-35H,3-5,10,12H2,1-2H3,(H2,27,28)(H,30,31)/t19-,22-,23-,25-/m1/s1. The summed E-state index contributed by atoms with van der Waals surface area (Å²) >= 11 is 0. The van der Waals surface area contributed by atoms with Crippen molar-refractivity contribution in [3.05, 3.63) is 48.4 Å². The van der Waals surface area contributed by atoms with Crippen molar-refractivity contribution >= 4 is 27.9 Å². The first-order valence-electron chi connectivity index (χ1n) is 12.3. The van der Waals surface area contributed by atoms with E-state index in [-0.39, 0.29) is 11.9 Å². The van der Waals surface area contributed by atoms with Crippen molar-refractivity contribution in [1.82, 2.24) is 29.4 Å². The van der Waals surface area contributed by atoms with Gasteiger partial charge in [-0.05, 0) is 51.4 Å². The smallest absolute Gasteiger partial charge is 0.165 e. The Morgan fingerprint density at radius 3 is 2.83 bits per heavy atom. The molecule has 0 radical (unpaired) electrons. The van der Waals surface area contributed by atoms with Gasteiger partial charge < -0.3 is 25.7 Å². The van der Waals surface area contributed by atoms with Crippen molar-refractivity contribution in [1.29, 1.82) is 0 Å². The Morgan fingerprint density at radius 1 is 1.19 bits per heavy atom. The Kier molecular flexibility index (Phi) is 6.89. The summed E-state index contributed by atoms with van der Waals surface area (Å²) in [5.74, 6) is 0.549. The zero-order valence-electron chi connectivity index (χ0n) is 20.4. The first-order chi connectivity index (χ1) is 17.3. The number of unbranched alkanes of at least 4 members (excludes halogenated alkanes) is 1. The lowest BCUT2D eigenvalue weighted by atomic mass is 10.1. The summed E-state index contributed by atoms with van der Waals surface area (Å²) in [7, 11) is 0. The molecule has 36 heavy (non-hydrogen) atoms. The fourth-order valence-corrected chi connectivity index (χ4v) is 4.80. The van der Waals surface area contributed by atoms with Crippen LogP contribution in [0, 0.1) is 5.82 Å². The second-order valence-corrected chi connectivity index (χ2v) is 9.66. The van der Waals surface area contributed by atoms with Gasteiger partial charge in [-0.2, -0.15) is 0 Å². The van der Waals surface area contributed by atoms with Gasteiger partial charge in [0.05, 0.1) is 23.0 Å². The second-order valence-electron chi connectivity index (χ2n) is 9.66. The van der Waals surface area contributed by atoms with Crippen molar-refractivity contribution in [3.63, 3.8) is 0 Å². The number of nitrogens with two attached hydrogens (primary N) is 1. The van der Waals surface area contributed by atoms with Crippen LogP contribution in [0.2, 0.25) is 0 Å². The first kappa shape index (κ1) is 24.6. The highest BCUT2D eigenvalue weighted by Gasteiger charge is 2.45. The number of aliphatic hydroxyl groups excluding tert-OH is 2. The molecule has 0 unspecified atom stereocenters. The lowest BCUT2D eigenvalue weighted by Crippen LogP contribution is -2.43. The fourth-order valence-electron chi connectivity index (χ4n) is 4.80. The summed E-state index contributed by atoms with van der Waals surface area (Å²) in [5.41, 5.74) is 8.97. The number of aromatic amines is 1. The van der Waals surface area contributed by atoms with Crippen molar-refractivity contribution in [2.75, 3.05) is 18.8 Å². The van der Waals surface area contributed by atoms with Crippen molar-refractivity contribution < 1.29 is 19.3 Å². The topological polar surface area (TPSA) is 138 Å². The number of fused-ring (bicyclic) bond motifs is 2. The number of nitrogens with one attached hydrogen (secondary N) is 1. The third kappa shape index (κ3) is 4.79. The van der Waals surface area contributed by atoms with E-state index in [2.05, 4.69) is 38.7 Å². The van der Waals surface area contributed by atoms with Crippen LogP contribution in [0.1, 0.15) is 38.7 Å². The molecule has 1 aromatic carbocycles. The molecule has 5 rings (SSSR count). The summed E-state index contributed by atoms with van der Waals surface area (Å²) < 4.78 is 21.2. The predicted molar refractivity (Wildman–Crippen MR) is 134 cm³/mol. The van der Waals surface area contributed by atoms with Crippen LogP contribution in [0.3, 0.4) is 0 Å². The molecule has 0 aliphatic carbocycles. The minimum Gasteiger partial charge on any atom is -0.397 e. The van der Waals surface area contributed by atoms with Gasteiger partial charge in [0.15, 0.2) is 11.9 Å². The number of pyridine rings is 1. The molecular weight excluding hydrogens is 465 g/mol. The zero-order chi connectivity index (χ0) is 25.4. The van der Waals surface area contributed by atoms with Crippen molar-refractivity contribution in [2.24, 2.45) is 0 Å². The molecule has 3 aromatic heterocycles. The van der Waals surface area contributed by atoms with Crippen LogP contribution in [-0.2, 0) is 11.2 Å². The lowest BCUT2D eigenvalue weighted by molar-refractivity contribution is -0.0469. The molecule has 1 fully saturated rings. The summed E-state index contributed by atoms with van der Waals surface area (Å²) in [6, 6.07) is 6.45. The highest BCUT2D eigenvalue weighted by Crippen LogP contribution is 2.33. The Morgan fingerprint density at radius 2 is 2.03 bits per heavy atom. The van der Waals surface area contributed by atoms with Crippen molar-refractivity contribution in [3.8, 4) is 0 Å². The highest BCUT2D eigenvalue weighted by atomic mass is 19.1. The van der Waals surface area contributed by atoms with Crippen LogP contribution in [-0.4, -0.2) is 77.1 Å². The number of nitrogen functional groups attached to an aromatic ring is 1. The van der Waals surface area contributed by atoms with Crippen LogP contribution in [0.5, 0.6) is 0 Å². The number of anilines is 1. The Balaban J connectivity index is 1.19. The predicted octanol–water partition coefficient (Wildman–Crippen LogP) is 2.38. The number of imidazole rings is 2. The number of halogens is 1. The molecule has 11 heteroatoms. The van der Waals surface area contributed by atoms with E-state index >= 15 is 0 Å². The minimum atomic E-state index is -1.12. The van der Waals surface area contributed by atoms with Gasteiger partial charge in [0.25, 0.3) is 0 Å². The molecule has 0 amide bonds. The summed E-state index contributed by atoms with van der Waals surface area (Å²) in [5, 5.41) is 21.5. The SMILES string of the molecule is CC(C)N(CCCCc1nc2cc(F)ccc2[nH]1)C[C@H]1O[C@@H](n2cnc3c(N)ccnc32)[C@H](O)[C@@H]1O. The van der Waals surface area contributed by atoms with Crippen LogP contribution in [0.25, 0.3) is 22.2 Å². The molecule has 4 atom stereocenters. The third-order valence-electron chi connectivity index (χ3n) is 6.85. The number of rotatable bonds is 9. The van der Waals surface area contributed by atoms with Crippen LogP contribution >= 0.6 is 0 Å². The molecule has 4 aromatic rings. The Labute approximate surface area is 207 Å². The number of aryl methyl sites for hydroxylation is 1. The maximum Gasteiger partial charge on any atom is 0.165 e. The lowest BCUT2D eigenvalue weighted by Gasteiger charge is -2.30. The van der Waals surface area contributed by atoms with E-state index in [4.69, 9.17) is 10.5 Å². The van der Waals surface area contributed by atoms with Crippen LogP contribution in [0.15, 0.2) is 36.8 Å². The Bertz CT molecular complexity index is 1340. The van der Waals surface area contributed by atoms with E-state index in [0.717, 1.165) is 37.1 Å². The van der Waals surface area contributed by atoms with E-state index in [0.29, 0.717) is 28.9 Å². The van der Waals surface area contributed by atoms with Gasteiger partial charge in [0, 0.05) is 31.3 Å². The maximum absolute atomic E-state index is 13.4. The molecule has 1 saturated heterocycles. The van der Waals surface area contributed by atoms with E-state index < -0.39 is 24.5 Å². The van der Waals surface area contributed by atoms with Gasteiger partial charge in [-0.1, -0.05) is 0 Å². The fraction of sp³-hybridized carbons (Fsp3) is 0.480. The van der Waals surface area contributed by atoms with Crippen LogP contribution in [0.4, 0.5) is 10.1 Å². The molecule has 4 heterocycles.